The summed E-state index contributed by atoms with van der Waals surface area (Å²) in [5, 5.41) is 15.1. The predicted molar refractivity (Wildman–Crippen MR) is 162 cm³/mol. The minimum atomic E-state index is -0.121. The highest BCUT2D eigenvalue weighted by atomic mass is 127. The van der Waals surface area contributed by atoms with Crippen LogP contribution >= 0.6 is 45.8 Å². The molecule has 0 amide bonds. The number of aromatic nitrogens is 1. The van der Waals surface area contributed by atoms with Gasteiger partial charge in [-0.15, -0.1) is 0 Å². The van der Waals surface area contributed by atoms with Crippen molar-refractivity contribution < 1.29 is 9.90 Å². The number of Topliss-reactive ketones (excluding diaryl/α,β-unsaturated/α-hetero) is 1. The lowest BCUT2D eigenvalue weighted by Gasteiger charge is -2.32. The van der Waals surface area contributed by atoms with Gasteiger partial charge in [0, 0.05) is 35.0 Å². The van der Waals surface area contributed by atoms with Gasteiger partial charge in [-0.05, 0) is 92.9 Å². The second-order valence-corrected chi connectivity index (χ2v) is 12.2. The van der Waals surface area contributed by atoms with E-state index in [1.165, 1.54) is 45.3 Å². The van der Waals surface area contributed by atoms with Crippen molar-refractivity contribution in [2.24, 2.45) is 5.92 Å². The first-order valence-corrected chi connectivity index (χ1v) is 15.4. The van der Waals surface area contributed by atoms with E-state index in [2.05, 4.69) is 37.8 Å². The molecule has 5 rings (SSSR count). The largest absolute Gasteiger partial charge is 0.505 e. The van der Waals surface area contributed by atoms with Crippen LogP contribution in [0.2, 0.25) is 10.0 Å². The molecule has 1 aliphatic carbocycles. The average molecular weight is 652 g/mol. The molecule has 0 atom stereocenters. The molecule has 1 aliphatic heterocycles. The minimum Gasteiger partial charge on any atom is -0.505 e. The van der Waals surface area contributed by atoms with Crippen molar-refractivity contribution in [1.82, 2.24) is 9.88 Å². The third-order valence-corrected chi connectivity index (χ3v) is 8.87. The number of nitrogens with one attached hydrogen (secondary N) is 1. The van der Waals surface area contributed by atoms with E-state index in [-0.39, 0.29) is 21.6 Å². The number of halogens is 3. The molecule has 37 heavy (non-hydrogen) atoms. The van der Waals surface area contributed by atoms with Gasteiger partial charge in [0.05, 0.1) is 26.8 Å². The van der Waals surface area contributed by atoms with Crippen molar-refractivity contribution in [3.8, 4) is 16.9 Å². The molecule has 8 heteroatoms. The van der Waals surface area contributed by atoms with Crippen LogP contribution in [0.15, 0.2) is 36.5 Å². The molecular formula is C29H32Cl2IN3O2. The molecule has 2 fully saturated rings. The van der Waals surface area contributed by atoms with Gasteiger partial charge in [0.1, 0.15) is 0 Å². The number of hydrogen-bond donors (Lipinski definition) is 2. The maximum absolute atomic E-state index is 13.1. The highest BCUT2D eigenvalue weighted by molar-refractivity contribution is 14.1. The number of fused-ring (bicyclic) bond motifs is 1. The number of anilines is 1. The normalized spacial score (nSPS) is 20.4. The number of ketones is 1. The number of hydrogen-bond acceptors (Lipinski definition) is 5. The van der Waals surface area contributed by atoms with Crippen molar-refractivity contribution >= 4 is 68.2 Å². The molecule has 1 aromatic heterocycles. The summed E-state index contributed by atoms with van der Waals surface area (Å²) >= 11 is 14.7. The zero-order chi connectivity index (χ0) is 25.9. The Hall–Kier alpha value is -1.61. The minimum absolute atomic E-state index is 0.107. The van der Waals surface area contributed by atoms with E-state index in [0.29, 0.717) is 18.0 Å². The highest BCUT2D eigenvalue weighted by Crippen LogP contribution is 2.39. The van der Waals surface area contributed by atoms with E-state index >= 15 is 0 Å². The van der Waals surface area contributed by atoms with Crippen LogP contribution in [0.25, 0.3) is 22.0 Å². The first-order valence-electron chi connectivity index (χ1n) is 13.1. The van der Waals surface area contributed by atoms with Crippen molar-refractivity contribution in [3.63, 3.8) is 0 Å². The number of likely N-dealkylation sites (tertiary alicyclic amines) is 1. The number of phenols is 1. The molecule has 2 aromatic carbocycles. The number of carbonyl (C=O) groups excluding carboxylic acids is 1. The van der Waals surface area contributed by atoms with Crippen LogP contribution in [0.5, 0.6) is 5.75 Å². The summed E-state index contributed by atoms with van der Waals surface area (Å²) in [6.07, 6.45) is 9.51. The Balaban J connectivity index is 1.45. The van der Waals surface area contributed by atoms with E-state index in [4.69, 9.17) is 23.2 Å². The number of carbonyl (C=O) groups is 1. The van der Waals surface area contributed by atoms with E-state index < -0.39 is 0 Å². The number of benzene rings is 2. The van der Waals surface area contributed by atoms with Crippen molar-refractivity contribution in [1.29, 1.82) is 0 Å². The van der Waals surface area contributed by atoms with E-state index in [0.717, 1.165) is 50.9 Å². The van der Waals surface area contributed by atoms with Gasteiger partial charge in [-0.1, -0.05) is 51.9 Å². The molecule has 1 saturated carbocycles. The number of pyridine rings is 1. The predicted octanol–water partition coefficient (Wildman–Crippen LogP) is 7.99. The Bertz CT molecular complexity index is 1260. The molecule has 3 aromatic rings. The second kappa shape index (κ2) is 12.1. The molecule has 2 heterocycles. The SMILES string of the molecule is O=C(CCI)c1cnc2ccc(-c3cc(Cl)c(O)c(Cl)c3)cc2c1NC1CCC(CN2CCCC2)CC1. The number of rotatable bonds is 8. The highest BCUT2D eigenvalue weighted by Gasteiger charge is 2.26. The molecule has 0 bridgehead atoms. The van der Waals surface area contributed by atoms with Gasteiger partial charge in [0.25, 0.3) is 0 Å². The quantitative estimate of drug-likeness (QED) is 0.147. The standard InChI is InChI=1S/C29H32Cl2IN3O2/c30-24-14-20(15-25(31)29(24)37)19-5-8-26-22(13-19)28(23(16-33-26)27(36)9-10-32)34-21-6-3-18(4-7-21)17-35-11-1-2-12-35/h5,8,13-16,18,21,37H,1-4,6-7,9-12,17H2,(H,33,34). The maximum atomic E-state index is 13.1. The third kappa shape index (κ3) is 6.18. The molecule has 196 valence electrons. The maximum Gasteiger partial charge on any atom is 0.167 e. The number of aromatic hydroxyl groups is 1. The molecular weight excluding hydrogens is 620 g/mol. The molecule has 0 radical (unpaired) electrons. The molecule has 0 unspecified atom stereocenters. The smallest absolute Gasteiger partial charge is 0.167 e. The van der Waals surface area contributed by atoms with Crippen LogP contribution in [0.3, 0.4) is 0 Å². The molecule has 0 spiro atoms. The second-order valence-electron chi connectivity index (χ2n) is 10.3. The van der Waals surface area contributed by atoms with Crippen molar-refractivity contribution in [3.05, 3.63) is 52.1 Å². The lowest BCUT2D eigenvalue weighted by atomic mass is 9.85. The summed E-state index contributed by atoms with van der Waals surface area (Å²) in [4.78, 5) is 20.4. The summed E-state index contributed by atoms with van der Waals surface area (Å²) in [5.74, 6) is 0.750. The van der Waals surface area contributed by atoms with Gasteiger partial charge in [-0.2, -0.15) is 0 Å². The first-order chi connectivity index (χ1) is 17.9. The van der Waals surface area contributed by atoms with E-state index in [1.807, 2.05) is 18.2 Å². The van der Waals surface area contributed by atoms with Crippen LogP contribution in [-0.4, -0.2) is 50.9 Å². The van der Waals surface area contributed by atoms with Crippen LogP contribution in [0.1, 0.15) is 55.3 Å². The molecule has 2 aliphatic rings. The first kappa shape index (κ1) is 27.0. The number of alkyl halides is 1. The Labute approximate surface area is 242 Å². The number of nitrogens with zero attached hydrogens (tertiary/aromatic N) is 2. The van der Waals surface area contributed by atoms with E-state index in [1.54, 1.807) is 18.3 Å². The topological polar surface area (TPSA) is 65.5 Å². The summed E-state index contributed by atoms with van der Waals surface area (Å²) < 4.78 is 0.764. The summed E-state index contributed by atoms with van der Waals surface area (Å²) in [7, 11) is 0. The zero-order valence-electron chi connectivity index (χ0n) is 20.8. The van der Waals surface area contributed by atoms with Gasteiger partial charge in [-0.25, -0.2) is 0 Å². The molecule has 1 saturated heterocycles. The number of phenolic OH excluding ortho intramolecular Hbond substituents is 1. The van der Waals surface area contributed by atoms with Gasteiger partial charge >= 0.3 is 0 Å². The van der Waals surface area contributed by atoms with Crippen LogP contribution < -0.4 is 5.32 Å². The summed E-state index contributed by atoms with van der Waals surface area (Å²) in [6, 6.07) is 9.71. The summed E-state index contributed by atoms with van der Waals surface area (Å²) in [6.45, 7) is 3.73. The lowest BCUT2D eigenvalue weighted by molar-refractivity contribution is 0.0990. The van der Waals surface area contributed by atoms with Gasteiger partial charge < -0.3 is 15.3 Å². The summed E-state index contributed by atoms with van der Waals surface area (Å²) in [5.41, 5.74) is 4.06. The zero-order valence-corrected chi connectivity index (χ0v) is 24.5. The Morgan fingerprint density at radius 1 is 1.05 bits per heavy atom. The van der Waals surface area contributed by atoms with E-state index in [9.17, 15) is 9.90 Å². The fraction of sp³-hybridized carbons (Fsp3) is 0.448. The molecule has 5 nitrogen and oxygen atoms in total. The van der Waals surface area contributed by atoms with Gasteiger partial charge in [0.2, 0.25) is 0 Å². The fourth-order valence-electron chi connectivity index (χ4n) is 5.72. The third-order valence-electron chi connectivity index (χ3n) is 7.75. The monoisotopic (exact) mass is 651 g/mol. The van der Waals surface area contributed by atoms with Crippen molar-refractivity contribution in [2.75, 3.05) is 29.4 Å². The lowest BCUT2D eigenvalue weighted by Crippen LogP contribution is -2.33. The average Bonchev–Trinajstić information content (AvgIpc) is 3.41. The van der Waals surface area contributed by atoms with Crippen LogP contribution in [0, 0.1) is 5.92 Å². The van der Waals surface area contributed by atoms with Crippen LogP contribution in [-0.2, 0) is 0 Å². The Morgan fingerprint density at radius 3 is 2.43 bits per heavy atom. The Morgan fingerprint density at radius 2 is 1.76 bits per heavy atom. The molecule has 2 N–H and O–H groups in total. The van der Waals surface area contributed by atoms with Gasteiger partial charge in [-0.3, -0.25) is 9.78 Å². The fourth-order valence-corrected chi connectivity index (χ4v) is 6.69. The Kier molecular flexibility index (Phi) is 8.79. The van der Waals surface area contributed by atoms with Crippen LogP contribution in [0.4, 0.5) is 5.69 Å². The van der Waals surface area contributed by atoms with Gasteiger partial charge in [0.15, 0.2) is 11.5 Å². The van der Waals surface area contributed by atoms with Crippen molar-refractivity contribution in [2.45, 2.75) is 51.0 Å².